The van der Waals surface area contributed by atoms with Crippen molar-refractivity contribution in [1.29, 1.82) is 0 Å². The predicted molar refractivity (Wildman–Crippen MR) is 70.5 cm³/mol. The predicted octanol–water partition coefficient (Wildman–Crippen LogP) is 4.69. The molecule has 0 atom stereocenters. The van der Waals surface area contributed by atoms with E-state index in [2.05, 4.69) is 57.7 Å². The molecule has 1 aromatic carbocycles. The van der Waals surface area contributed by atoms with E-state index in [-0.39, 0.29) is 0 Å². The molecule has 15 heavy (non-hydrogen) atoms. The fourth-order valence-electron chi connectivity index (χ4n) is 1.60. The number of rotatable bonds is 4. The summed E-state index contributed by atoms with van der Waals surface area (Å²) in [5.74, 6) is 0. The second-order valence-electron chi connectivity index (χ2n) is 3.57. The molecule has 2 heteroatoms. The molecular formula is C13H13BrS. The Labute approximate surface area is 103 Å². The van der Waals surface area contributed by atoms with Gasteiger partial charge >= 0.3 is 0 Å². The van der Waals surface area contributed by atoms with Crippen molar-refractivity contribution < 1.29 is 0 Å². The van der Waals surface area contributed by atoms with E-state index in [9.17, 15) is 0 Å². The van der Waals surface area contributed by atoms with Crippen LogP contribution in [0.4, 0.5) is 0 Å². The fraction of sp³-hybridized carbons (Fsp3) is 0.231. The summed E-state index contributed by atoms with van der Waals surface area (Å²) < 4.78 is 1.21. The first-order valence-corrected chi connectivity index (χ1v) is 6.79. The summed E-state index contributed by atoms with van der Waals surface area (Å²) in [5.41, 5.74) is 1.44. The molecule has 0 radical (unpaired) electrons. The summed E-state index contributed by atoms with van der Waals surface area (Å²) >= 11 is 5.32. The van der Waals surface area contributed by atoms with Crippen LogP contribution in [0.5, 0.6) is 0 Å². The minimum atomic E-state index is 1.18. The van der Waals surface area contributed by atoms with Gasteiger partial charge in [-0.3, -0.25) is 0 Å². The highest BCUT2D eigenvalue weighted by Crippen LogP contribution is 2.21. The lowest BCUT2D eigenvalue weighted by atomic mass is 10.1. The standard InChI is InChI=1S/C13H13BrS/c14-12-9-13(15-10-12)8-4-7-11-5-2-1-3-6-11/h1-3,5-6,9-10H,4,7-8H2. The van der Waals surface area contributed by atoms with Gasteiger partial charge in [-0.25, -0.2) is 0 Å². The van der Waals surface area contributed by atoms with Gasteiger partial charge < -0.3 is 0 Å². The van der Waals surface area contributed by atoms with Crippen molar-refractivity contribution in [3.8, 4) is 0 Å². The molecule has 78 valence electrons. The zero-order valence-electron chi connectivity index (χ0n) is 8.45. The monoisotopic (exact) mass is 280 g/mol. The van der Waals surface area contributed by atoms with Gasteiger partial charge in [0.05, 0.1) is 0 Å². The first-order chi connectivity index (χ1) is 7.34. The number of benzene rings is 1. The van der Waals surface area contributed by atoms with Crippen molar-refractivity contribution in [2.45, 2.75) is 19.3 Å². The highest BCUT2D eigenvalue weighted by Gasteiger charge is 1.98. The molecule has 0 fully saturated rings. The summed E-state index contributed by atoms with van der Waals surface area (Å²) in [7, 11) is 0. The fourth-order valence-corrected chi connectivity index (χ4v) is 3.09. The Morgan fingerprint density at radius 1 is 1.07 bits per heavy atom. The van der Waals surface area contributed by atoms with Crippen LogP contribution < -0.4 is 0 Å². The average molecular weight is 281 g/mol. The SMILES string of the molecule is Brc1csc(CCCc2ccccc2)c1. The first kappa shape index (κ1) is 10.9. The third kappa shape index (κ3) is 3.47. The Kier molecular flexibility index (Phi) is 3.98. The normalized spacial score (nSPS) is 10.5. The van der Waals surface area contributed by atoms with Gasteiger partial charge in [0, 0.05) is 14.7 Å². The van der Waals surface area contributed by atoms with Crippen LogP contribution in [0.2, 0.25) is 0 Å². The molecule has 0 spiro atoms. The van der Waals surface area contributed by atoms with Crippen LogP contribution in [0.3, 0.4) is 0 Å². The Balaban J connectivity index is 1.80. The minimum Gasteiger partial charge on any atom is -0.148 e. The number of thiophene rings is 1. The van der Waals surface area contributed by atoms with E-state index in [4.69, 9.17) is 0 Å². The van der Waals surface area contributed by atoms with Crippen molar-refractivity contribution in [3.63, 3.8) is 0 Å². The van der Waals surface area contributed by atoms with Gasteiger partial charge in [0.2, 0.25) is 0 Å². The largest absolute Gasteiger partial charge is 0.148 e. The van der Waals surface area contributed by atoms with Crippen LogP contribution in [-0.2, 0) is 12.8 Å². The Morgan fingerprint density at radius 3 is 2.53 bits per heavy atom. The van der Waals surface area contributed by atoms with E-state index in [1.165, 1.54) is 34.2 Å². The second kappa shape index (κ2) is 5.47. The lowest BCUT2D eigenvalue weighted by Gasteiger charge is -1.99. The summed E-state index contributed by atoms with van der Waals surface area (Å²) in [5, 5.41) is 2.15. The van der Waals surface area contributed by atoms with Gasteiger partial charge in [-0.1, -0.05) is 30.3 Å². The topological polar surface area (TPSA) is 0 Å². The van der Waals surface area contributed by atoms with Crippen LogP contribution in [0.1, 0.15) is 16.9 Å². The molecule has 1 aromatic heterocycles. The van der Waals surface area contributed by atoms with Crippen LogP contribution in [0.15, 0.2) is 46.3 Å². The quantitative estimate of drug-likeness (QED) is 0.763. The van der Waals surface area contributed by atoms with Gasteiger partial charge in [0.15, 0.2) is 0 Å². The molecule has 2 aromatic rings. The Bertz CT molecular complexity index is 405. The van der Waals surface area contributed by atoms with Crippen LogP contribution >= 0.6 is 27.3 Å². The maximum Gasteiger partial charge on any atom is 0.0285 e. The molecule has 0 aliphatic rings. The summed E-state index contributed by atoms with van der Waals surface area (Å²) in [6, 6.07) is 12.9. The van der Waals surface area contributed by atoms with Gasteiger partial charge in [-0.15, -0.1) is 11.3 Å². The molecule has 0 bridgehead atoms. The summed E-state index contributed by atoms with van der Waals surface area (Å²) in [6.07, 6.45) is 3.60. The highest BCUT2D eigenvalue weighted by atomic mass is 79.9. The molecule has 0 saturated carbocycles. The minimum absolute atomic E-state index is 1.18. The summed E-state index contributed by atoms with van der Waals surface area (Å²) in [4.78, 5) is 1.47. The first-order valence-electron chi connectivity index (χ1n) is 5.11. The molecule has 0 saturated heterocycles. The second-order valence-corrected chi connectivity index (χ2v) is 5.48. The molecule has 1 heterocycles. The zero-order valence-corrected chi connectivity index (χ0v) is 10.9. The number of halogens is 1. The van der Waals surface area contributed by atoms with E-state index in [0.29, 0.717) is 0 Å². The number of hydrogen-bond donors (Lipinski definition) is 0. The van der Waals surface area contributed by atoms with E-state index < -0.39 is 0 Å². The van der Waals surface area contributed by atoms with Crippen molar-refractivity contribution in [2.75, 3.05) is 0 Å². The van der Waals surface area contributed by atoms with Gasteiger partial charge in [-0.05, 0) is 46.8 Å². The average Bonchev–Trinajstić information content (AvgIpc) is 2.66. The van der Waals surface area contributed by atoms with Gasteiger partial charge in [0.25, 0.3) is 0 Å². The van der Waals surface area contributed by atoms with Gasteiger partial charge in [0.1, 0.15) is 0 Å². The van der Waals surface area contributed by atoms with Gasteiger partial charge in [-0.2, -0.15) is 0 Å². The maximum atomic E-state index is 3.48. The van der Waals surface area contributed by atoms with E-state index in [1.54, 1.807) is 0 Å². The molecule has 0 unspecified atom stereocenters. The smallest absolute Gasteiger partial charge is 0.0285 e. The highest BCUT2D eigenvalue weighted by molar-refractivity contribution is 9.10. The van der Waals surface area contributed by atoms with E-state index >= 15 is 0 Å². The molecular weight excluding hydrogens is 268 g/mol. The van der Waals surface area contributed by atoms with E-state index in [0.717, 1.165) is 0 Å². The Morgan fingerprint density at radius 2 is 1.87 bits per heavy atom. The third-order valence-corrected chi connectivity index (χ3v) is 4.11. The summed E-state index contributed by atoms with van der Waals surface area (Å²) in [6.45, 7) is 0. The van der Waals surface area contributed by atoms with Crippen molar-refractivity contribution in [1.82, 2.24) is 0 Å². The lowest BCUT2D eigenvalue weighted by molar-refractivity contribution is 0.831. The maximum absolute atomic E-state index is 3.48. The molecule has 0 aliphatic heterocycles. The molecule has 0 aliphatic carbocycles. The molecule has 0 amide bonds. The van der Waals surface area contributed by atoms with Crippen molar-refractivity contribution in [2.24, 2.45) is 0 Å². The zero-order chi connectivity index (χ0) is 10.5. The Hall–Kier alpha value is -0.600. The number of hydrogen-bond acceptors (Lipinski definition) is 1. The molecule has 0 N–H and O–H groups in total. The van der Waals surface area contributed by atoms with Crippen LogP contribution in [0, 0.1) is 0 Å². The third-order valence-electron chi connectivity index (χ3n) is 2.35. The van der Waals surface area contributed by atoms with Crippen molar-refractivity contribution >= 4 is 27.3 Å². The van der Waals surface area contributed by atoms with Crippen molar-refractivity contribution in [3.05, 3.63) is 56.7 Å². The van der Waals surface area contributed by atoms with Crippen LogP contribution in [-0.4, -0.2) is 0 Å². The van der Waals surface area contributed by atoms with E-state index in [1.807, 2.05) is 11.3 Å². The lowest BCUT2D eigenvalue weighted by Crippen LogP contribution is -1.87. The molecule has 2 rings (SSSR count). The van der Waals surface area contributed by atoms with Crippen LogP contribution in [0.25, 0.3) is 0 Å². The molecule has 0 nitrogen and oxygen atoms in total. The number of aryl methyl sites for hydroxylation is 2.